The Morgan fingerprint density at radius 2 is 2.17 bits per heavy atom. The fourth-order valence-electron chi connectivity index (χ4n) is 2.03. The number of likely N-dealkylation sites (tertiary alicyclic amines) is 1. The van der Waals surface area contributed by atoms with Gasteiger partial charge in [0.05, 0.1) is 6.54 Å². The molecule has 1 amide bonds. The van der Waals surface area contributed by atoms with Crippen LogP contribution in [0.25, 0.3) is 0 Å². The van der Waals surface area contributed by atoms with E-state index < -0.39 is 0 Å². The average molecular weight is 268 g/mol. The maximum absolute atomic E-state index is 11.8. The molecule has 5 nitrogen and oxygen atoms in total. The van der Waals surface area contributed by atoms with Gasteiger partial charge in [-0.2, -0.15) is 0 Å². The number of anilines is 1. The molecule has 0 aliphatic carbocycles. The van der Waals surface area contributed by atoms with E-state index in [2.05, 4.69) is 27.3 Å². The van der Waals surface area contributed by atoms with Crippen molar-refractivity contribution in [2.45, 2.75) is 33.1 Å². The Bertz CT molecular complexity index is 399. The highest BCUT2D eigenvalue weighted by Crippen LogP contribution is 2.17. The minimum absolute atomic E-state index is 0.0170. The van der Waals surface area contributed by atoms with Gasteiger partial charge in [0, 0.05) is 0 Å². The topological polar surface area (TPSA) is 58.1 Å². The number of nitrogens with one attached hydrogen (secondary N) is 1. The molecule has 1 saturated heterocycles. The van der Waals surface area contributed by atoms with E-state index >= 15 is 0 Å². The van der Waals surface area contributed by atoms with Gasteiger partial charge in [-0.1, -0.05) is 25.2 Å². The second-order valence-corrected chi connectivity index (χ2v) is 5.92. The van der Waals surface area contributed by atoms with Crippen molar-refractivity contribution >= 4 is 22.4 Å². The molecule has 0 aromatic carbocycles. The van der Waals surface area contributed by atoms with Crippen molar-refractivity contribution in [3.8, 4) is 0 Å². The van der Waals surface area contributed by atoms with Gasteiger partial charge in [-0.15, -0.1) is 10.2 Å². The molecule has 0 atom stereocenters. The molecular formula is C12H20N4OS. The summed E-state index contributed by atoms with van der Waals surface area (Å²) in [6.45, 7) is 6.80. The molecule has 6 heteroatoms. The van der Waals surface area contributed by atoms with Crippen LogP contribution in [-0.2, 0) is 11.2 Å². The Hall–Kier alpha value is -1.01. The molecule has 0 bridgehead atoms. The number of aromatic nitrogens is 2. The summed E-state index contributed by atoms with van der Waals surface area (Å²) in [7, 11) is 0. The van der Waals surface area contributed by atoms with E-state index in [1.165, 1.54) is 24.2 Å². The predicted molar refractivity (Wildman–Crippen MR) is 72.8 cm³/mol. The van der Waals surface area contributed by atoms with E-state index in [4.69, 9.17) is 0 Å². The van der Waals surface area contributed by atoms with Crippen molar-refractivity contribution in [3.63, 3.8) is 0 Å². The lowest BCUT2D eigenvalue weighted by atomic mass is 9.99. The van der Waals surface area contributed by atoms with E-state index in [-0.39, 0.29) is 5.91 Å². The van der Waals surface area contributed by atoms with Crippen molar-refractivity contribution in [1.29, 1.82) is 0 Å². The summed E-state index contributed by atoms with van der Waals surface area (Å²) < 4.78 is 0. The molecule has 2 heterocycles. The quantitative estimate of drug-likeness (QED) is 0.904. The van der Waals surface area contributed by atoms with Gasteiger partial charge >= 0.3 is 0 Å². The van der Waals surface area contributed by atoms with E-state index in [1.807, 2.05) is 6.92 Å². The second kappa shape index (κ2) is 6.24. The van der Waals surface area contributed by atoms with Crippen molar-refractivity contribution < 1.29 is 4.79 Å². The Balaban J connectivity index is 1.78. The molecule has 1 aliphatic rings. The number of piperidine rings is 1. The first-order chi connectivity index (χ1) is 8.67. The third-order valence-electron chi connectivity index (χ3n) is 3.26. The summed E-state index contributed by atoms with van der Waals surface area (Å²) in [5.74, 6) is 0.808. The fraction of sp³-hybridized carbons (Fsp3) is 0.750. The molecule has 0 saturated carbocycles. The van der Waals surface area contributed by atoms with Crippen LogP contribution in [0.3, 0.4) is 0 Å². The zero-order valence-electron chi connectivity index (χ0n) is 11.0. The van der Waals surface area contributed by atoms with E-state index in [0.717, 1.165) is 30.4 Å². The van der Waals surface area contributed by atoms with Crippen LogP contribution in [0.1, 0.15) is 31.7 Å². The Morgan fingerprint density at radius 3 is 2.78 bits per heavy atom. The number of hydrogen-bond donors (Lipinski definition) is 1. The zero-order valence-corrected chi connectivity index (χ0v) is 11.8. The first-order valence-electron chi connectivity index (χ1n) is 6.52. The molecule has 0 radical (unpaired) electrons. The van der Waals surface area contributed by atoms with Gasteiger partial charge in [0.15, 0.2) is 0 Å². The normalized spacial score (nSPS) is 17.9. The van der Waals surface area contributed by atoms with E-state index in [1.54, 1.807) is 0 Å². The van der Waals surface area contributed by atoms with Crippen molar-refractivity contribution in [3.05, 3.63) is 5.01 Å². The van der Waals surface area contributed by atoms with Crippen molar-refractivity contribution in [2.24, 2.45) is 5.92 Å². The summed E-state index contributed by atoms with van der Waals surface area (Å²) in [5, 5.41) is 12.3. The summed E-state index contributed by atoms with van der Waals surface area (Å²) in [6.07, 6.45) is 3.23. The van der Waals surface area contributed by atoms with Gasteiger partial charge < -0.3 is 0 Å². The van der Waals surface area contributed by atoms with Crippen LogP contribution in [0.2, 0.25) is 0 Å². The second-order valence-electron chi connectivity index (χ2n) is 4.86. The molecule has 1 aromatic heterocycles. The third-order valence-corrected chi connectivity index (χ3v) is 4.24. The summed E-state index contributed by atoms with van der Waals surface area (Å²) in [5.41, 5.74) is 0. The number of nitrogens with zero attached hydrogens (tertiary/aromatic N) is 3. The van der Waals surface area contributed by atoms with Gasteiger partial charge in [-0.3, -0.25) is 15.0 Å². The number of aryl methyl sites for hydroxylation is 1. The number of amides is 1. The smallest absolute Gasteiger partial charge is 0.240 e. The molecular weight excluding hydrogens is 248 g/mol. The van der Waals surface area contributed by atoms with Crippen LogP contribution < -0.4 is 5.32 Å². The van der Waals surface area contributed by atoms with Crippen LogP contribution in [0.15, 0.2) is 0 Å². The van der Waals surface area contributed by atoms with Crippen LogP contribution in [0.4, 0.5) is 5.13 Å². The Labute approximate surface area is 112 Å². The van der Waals surface area contributed by atoms with Crippen LogP contribution in [-0.4, -0.2) is 40.6 Å². The van der Waals surface area contributed by atoms with E-state index in [0.29, 0.717) is 11.7 Å². The molecule has 1 fully saturated rings. The fourth-order valence-corrected chi connectivity index (χ4v) is 2.72. The van der Waals surface area contributed by atoms with Gasteiger partial charge in [0.2, 0.25) is 11.0 Å². The predicted octanol–water partition coefficient (Wildman–Crippen LogP) is 1.77. The Morgan fingerprint density at radius 1 is 1.44 bits per heavy atom. The molecule has 0 spiro atoms. The highest BCUT2D eigenvalue weighted by molar-refractivity contribution is 7.15. The molecule has 1 N–H and O–H groups in total. The number of carbonyl (C=O) groups excluding carboxylic acids is 1. The first kappa shape index (κ1) is 13.4. The van der Waals surface area contributed by atoms with Gasteiger partial charge in [-0.25, -0.2) is 0 Å². The maximum atomic E-state index is 11.8. The van der Waals surface area contributed by atoms with Gasteiger partial charge in [0.25, 0.3) is 0 Å². The van der Waals surface area contributed by atoms with Crippen LogP contribution in [0, 0.1) is 5.92 Å². The zero-order chi connectivity index (χ0) is 13.0. The average Bonchev–Trinajstić information content (AvgIpc) is 2.79. The molecule has 2 rings (SSSR count). The van der Waals surface area contributed by atoms with Gasteiger partial charge in [0.1, 0.15) is 5.01 Å². The summed E-state index contributed by atoms with van der Waals surface area (Å²) >= 11 is 1.45. The summed E-state index contributed by atoms with van der Waals surface area (Å²) in [4.78, 5) is 14.1. The molecule has 1 aromatic rings. The molecule has 0 unspecified atom stereocenters. The number of hydrogen-bond acceptors (Lipinski definition) is 5. The lowest BCUT2D eigenvalue weighted by Crippen LogP contribution is -2.38. The monoisotopic (exact) mass is 268 g/mol. The highest BCUT2D eigenvalue weighted by Gasteiger charge is 2.18. The Kier molecular flexibility index (Phi) is 4.66. The minimum atomic E-state index is 0.0170. The lowest BCUT2D eigenvalue weighted by Gasteiger charge is -2.29. The SMILES string of the molecule is CCc1nnc(NC(=O)CN2CCC(C)CC2)s1. The van der Waals surface area contributed by atoms with Crippen molar-refractivity contribution in [2.75, 3.05) is 25.0 Å². The summed E-state index contributed by atoms with van der Waals surface area (Å²) in [6, 6.07) is 0. The molecule has 100 valence electrons. The van der Waals surface area contributed by atoms with Crippen LogP contribution in [0.5, 0.6) is 0 Å². The standard InChI is InChI=1S/C12H20N4OS/c1-3-11-14-15-12(18-11)13-10(17)8-16-6-4-9(2)5-7-16/h9H,3-8H2,1-2H3,(H,13,15,17). The largest absolute Gasteiger partial charge is 0.299 e. The van der Waals surface area contributed by atoms with Gasteiger partial charge in [-0.05, 0) is 38.3 Å². The minimum Gasteiger partial charge on any atom is -0.299 e. The molecule has 1 aliphatic heterocycles. The number of rotatable bonds is 4. The highest BCUT2D eigenvalue weighted by atomic mass is 32.1. The van der Waals surface area contributed by atoms with E-state index in [9.17, 15) is 4.79 Å². The first-order valence-corrected chi connectivity index (χ1v) is 7.33. The lowest BCUT2D eigenvalue weighted by molar-refractivity contribution is -0.117. The maximum Gasteiger partial charge on any atom is 0.240 e. The number of carbonyl (C=O) groups is 1. The van der Waals surface area contributed by atoms with Crippen LogP contribution >= 0.6 is 11.3 Å². The third kappa shape index (κ3) is 3.74. The molecule has 18 heavy (non-hydrogen) atoms. The van der Waals surface area contributed by atoms with Crippen molar-refractivity contribution in [1.82, 2.24) is 15.1 Å².